The number of thioether (sulfide) groups is 1. The van der Waals surface area contributed by atoms with Crippen LogP contribution in [0.1, 0.15) is 15.9 Å². The van der Waals surface area contributed by atoms with Crippen LogP contribution in [0.25, 0.3) is 6.08 Å². The molecule has 0 aromatic heterocycles. The molecule has 1 saturated heterocycles. The molecule has 1 N–H and O–H groups in total. The zero-order chi connectivity index (χ0) is 20.4. The van der Waals surface area contributed by atoms with Crippen LogP contribution < -0.4 is 0 Å². The van der Waals surface area contributed by atoms with E-state index in [0.29, 0.717) is 17.3 Å². The van der Waals surface area contributed by atoms with Gasteiger partial charge in [-0.2, -0.15) is 0 Å². The lowest BCUT2D eigenvalue weighted by atomic mass is 10.1. The van der Waals surface area contributed by atoms with Gasteiger partial charge in [0.25, 0.3) is 16.8 Å². The molecule has 1 heterocycles. The molecule has 0 spiro atoms. The van der Waals surface area contributed by atoms with E-state index in [0.717, 1.165) is 4.90 Å². The maximum atomic E-state index is 12.5. The van der Waals surface area contributed by atoms with E-state index < -0.39 is 28.4 Å². The van der Waals surface area contributed by atoms with Gasteiger partial charge in [-0.15, -0.1) is 0 Å². The lowest BCUT2D eigenvalue weighted by Gasteiger charge is -2.11. The van der Waals surface area contributed by atoms with Crippen LogP contribution in [0.5, 0.6) is 5.75 Å². The number of nitrogens with zero attached hydrogens (tertiary/aromatic N) is 2. The van der Waals surface area contributed by atoms with Crippen LogP contribution in [-0.4, -0.2) is 38.4 Å². The zero-order valence-electron chi connectivity index (χ0n) is 14.0. The SMILES string of the molecule is O=C(CN1C(=O)S/C(=C/c2ccc(O)c(Cl)c2)C1=O)c1ccc([N+](=O)[O-])cc1. The number of Topliss-reactive ketones (excluding diaryl/α,β-unsaturated/α-hetero) is 1. The minimum absolute atomic E-state index is 0.0985. The van der Waals surface area contributed by atoms with Gasteiger partial charge in [0, 0.05) is 17.7 Å². The highest BCUT2D eigenvalue weighted by molar-refractivity contribution is 8.18. The maximum absolute atomic E-state index is 12.5. The first-order chi connectivity index (χ1) is 13.3. The third kappa shape index (κ3) is 4.05. The number of phenolic OH excluding ortho intramolecular Hbond substituents is 1. The molecule has 142 valence electrons. The van der Waals surface area contributed by atoms with Gasteiger partial charge >= 0.3 is 0 Å². The number of imide groups is 1. The molecule has 0 unspecified atom stereocenters. The van der Waals surface area contributed by atoms with Gasteiger partial charge in [-0.1, -0.05) is 17.7 Å². The Balaban J connectivity index is 1.76. The first-order valence-electron chi connectivity index (χ1n) is 7.78. The second-order valence-corrected chi connectivity index (χ2v) is 7.11. The second-order valence-electron chi connectivity index (χ2n) is 5.71. The molecule has 0 aliphatic carbocycles. The van der Waals surface area contributed by atoms with Crippen LogP contribution in [-0.2, 0) is 4.79 Å². The third-order valence-electron chi connectivity index (χ3n) is 3.84. The van der Waals surface area contributed by atoms with Gasteiger partial charge in [0.2, 0.25) is 0 Å². The molecule has 0 bridgehead atoms. The maximum Gasteiger partial charge on any atom is 0.293 e. The first kappa shape index (κ1) is 19.6. The van der Waals surface area contributed by atoms with E-state index >= 15 is 0 Å². The van der Waals surface area contributed by atoms with Crippen LogP contribution in [0.15, 0.2) is 47.4 Å². The molecule has 1 aliphatic rings. The largest absolute Gasteiger partial charge is 0.506 e. The second kappa shape index (κ2) is 7.83. The van der Waals surface area contributed by atoms with Crippen molar-refractivity contribution in [3.05, 3.63) is 73.6 Å². The highest BCUT2D eigenvalue weighted by Gasteiger charge is 2.36. The number of phenols is 1. The molecule has 2 amide bonds. The number of carbonyl (C=O) groups is 3. The number of amides is 2. The summed E-state index contributed by atoms with van der Waals surface area (Å²) in [4.78, 5) is 47.9. The lowest BCUT2D eigenvalue weighted by molar-refractivity contribution is -0.384. The molecule has 3 rings (SSSR count). The van der Waals surface area contributed by atoms with Crippen molar-refractivity contribution in [2.45, 2.75) is 0 Å². The van der Waals surface area contributed by atoms with Gasteiger partial charge in [-0.05, 0) is 47.7 Å². The van der Waals surface area contributed by atoms with E-state index in [9.17, 15) is 29.6 Å². The van der Waals surface area contributed by atoms with Crippen molar-refractivity contribution in [3.8, 4) is 5.75 Å². The van der Waals surface area contributed by atoms with Gasteiger partial charge < -0.3 is 5.11 Å². The summed E-state index contributed by atoms with van der Waals surface area (Å²) >= 11 is 6.51. The monoisotopic (exact) mass is 418 g/mol. The fraction of sp³-hybridized carbons (Fsp3) is 0.0556. The fourth-order valence-electron chi connectivity index (χ4n) is 2.40. The smallest absolute Gasteiger partial charge is 0.293 e. The number of nitro benzene ring substituents is 1. The summed E-state index contributed by atoms with van der Waals surface area (Å²) in [6.45, 7) is -0.476. The van der Waals surface area contributed by atoms with E-state index in [2.05, 4.69) is 0 Å². The van der Waals surface area contributed by atoms with Crippen LogP contribution in [0, 0.1) is 10.1 Å². The average molecular weight is 419 g/mol. The summed E-state index contributed by atoms with van der Waals surface area (Å²) in [6, 6.07) is 9.22. The molecule has 0 saturated carbocycles. The lowest BCUT2D eigenvalue weighted by Crippen LogP contribution is -2.33. The van der Waals surface area contributed by atoms with E-state index in [1.54, 1.807) is 0 Å². The summed E-state index contributed by atoms with van der Waals surface area (Å²) < 4.78 is 0. The number of benzene rings is 2. The Labute approximate surface area is 167 Å². The van der Waals surface area contributed by atoms with E-state index in [1.165, 1.54) is 48.5 Å². The van der Waals surface area contributed by atoms with Crippen LogP contribution in [0.3, 0.4) is 0 Å². The fourth-order valence-corrected chi connectivity index (χ4v) is 3.43. The molecule has 0 atom stereocenters. The van der Waals surface area contributed by atoms with Crippen molar-refractivity contribution < 1.29 is 24.4 Å². The highest BCUT2D eigenvalue weighted by Crippen LogP contribution is 2.33. The summed E-state index contributed by atoms with van der Waals surface area (Å²) in [5.41, 5.74) is 0.493. The van der Waals surface area contributed by atoms with Crippen LogP contribution >= 0.6 is 23.4 Å². The number of carbonyl (C=O) groups excluding carboxylic acids is 3. The normalized spacial score (nSPS) is 15.3. The van der Waals surface area contributed by atoms with Gasteiger partial charge in [-0.3, -0.25) is 29.4 Å². The number of halogens is 1. The molecule has 1 aliphatic heterocycles. The van der Waals surface area contributed by atoms with Crippen molar-refractivity contribution in [1.82, 2.24) is 4.90 Å². The number of hydrogen-bond acceptors (Lipinski definition) is 7. The Kier molecular flexibility index (Phi) is 5.48. The summed E-state index contributed by atoms with van der Waals surface area (Å²) in [5, 5.41) is 19.6. The number of nitro groups is 1. The Morgan fingerprint density at radius 3 is 2.50 bits per heavy atom. The van der Waals surface area contributed by atoms with Crippen molar-refractivity contribution in [1.29, 1.82) is 0 Å². The van der Waals surface area contributed by atoms with Gasteiger partial charge in [0.1, 0.15) is 5.75 Å². The highest BCUT2D eigenvalue weighted by atomic mass is 35.5. The molecule has 10 heteroatoms. The first-order valence-corrected chi connectivity index (χ1v) is 8.97. The predicted octanol–water partition coefficient (Wildman–Crippen LogP) is 3.87. The minimum atomic E-state index is -0.630. The average Bonchev–Trinajstić information content (AvgIpc) is 2.92. The molecular formula is C18H11ClN2O6S. The Morgan fingerprint density at radius 2 is 1.89 bits per heavy atom. The minimum Gasteiger partial charge on any atom is -0.506 e. The van der Waals surface area contributed by atoms with Gasteiger partial charge in [-0.25, -0.2) is 0 Å². The molecule has 8 nitrogen and oxygen atoms in total. The zero-order valence-corrected chi connectivity index (χ0v) is 15.6. The van der Waals surface area contributed by atoms with Crippen LogP contribution in [0.2, 0.25) is 5.02 Å². The third-order valence-corrected chi connectivity index (χ3v) is 5.06. The summed E-state index contributed by atoms with van der Waals surface area (Å²) in [6.07, 6.45) is 1.44. The molecule has 28 heavy (non-hydrogen) atoms. The Hall–Kier alpha value is -3.17. The Bertz CT molecular complexity index is 1030. The number of ketones is 1. The molecule has 0 radical (unpaired) electrons. The molecule has 1 fully saturated rings. The number of rotatable bonds is 5. The van der Waals surface area contributed by atoms with E-state index in [4.69, 9.17) is 11.6 Å². The Morgan fingerprint density at radius 1 is 1.21 bits per heavy atom. The summed E-state index contributed by atoms with van der Waals surface area (Å²) in [7, 11) is 0. The molecular weight excluding hydrogens is 408 g/mol. The molecule has 2 aromatic carbocycles. The predicted molar refractivity (Wildman–Crippen MR) is 103 cm³/mol. The van der Waals surface area contributed by atoms with Crippen molar-refractivity contribution in [2.24, 2.45) is 0 Å². The standard InChI is InChI=1S/C18H11ClN2O6S/c19-13-7-10(1-6-14(13)22)8-16-17(24)20(18(25)28-16)9-15(23)11-2-4-12(5-3-11)21(26)27/h1-8,22H,9H2/b16-8+. The molecule has 2 aromatic rings. The quantitative estimate of drug-likeness (QED) is 0.339. The van der Waals surface area contributed by atoms with E-state index in [-0.39, 0.29) is 26.9 Å². The van der Waals surface area contributed by atoms with Crippen molar-refractivity contribution >= 4 is 52.1 Å². The van der Waals surface area contributed by atoms with Gasteiger partial charge in [0.15, 0.2) is 5.78 Å². The van der Waals surface area contributed by atoms with Crippen LogP contribution in [0.4, 0.5) is 10.5 Å². The summed E-state index contributed by atoms with van der Waals surface area (Å²) in [5.74, 6) is -1.26. The number of non-ortho nitro benzene ring substituents is 1. The van der Waals surface area contributed by atoms with Crippen molar-refractivity contribution in [3.63, 3.8) is 0 Å². The van der Waals surface area contributed by atoms with E-state index in [1.807, 2.05) is 0 Å². The topological polar surface area (TPSA) is 118 Å². The van der Waals surface area contributed by atoms with Gasteiger partial charge in [0.05, 0.1) is 21.4 Å². The number of hydrogen-bond donors (Lipinski definition) is 1. The van der Waals surface area contributed by atoms with Crippen molar-refractivity contribution in [2.75, 3.05) is 6.54 Å². The number of aromatic hydroxyl groups is 1.